The fraction of sp³-hybridized carbons (Fsp3) is 0.400. The first kappa shape index (κ1) is 30.5. The summed E-state index contributed by atoms with van der Waals surface area (Å²) in [7, 11) is -2.40. The lowest BCUT2D eigenvalue weighted by atomic mass is 10.1. The molecule has 0 aromatic heterocycles. The van der Waals surface area contributed by atoms with Crippen molar-refractivity contribution in [2.75, 3.05) is 20.3 Å². The van der Waals surface area contributed by atoms with Crippen molar-refractivity contribution < 1.29 is 22.7 Å². The van der Waals surface area contributed by atoms with Gasteiger partial charge in [-0.15, -0.1) is 11.0 Å². The van der Waals surface area contributed by atoms with Crippen LogP contribution < -0.4 is 9.47 Å². The molecule has 1 aliphatic heterocycles. The molecule has 1 saturated heterocycles. The number of nitrogens with zero attached hydrogens (tertiary/aromatic N) is 2. The van der Waals surface area contributed by atoms with Crippen LogP contribution in [0.5, 0.6) is 11.5 Å². The summed E-state index contributed by atoms with van der Waals surface area (Å²) in [6, 6.07) is 11.9. The molecule has 2 aromatic carbocycles. The van der Waals surface area contributed by atoms with Crippen molar-refractivity contribution in [2.24, 2.45) is 4.40 Å². The van der Waals surface area contributed by atoms with Crippen LogP contribution in [0.15, 0.2) is 69.3 Å². The van der Waals surface area contributed by atoms with E-state index in [1.165, 1.54) is 49.1 Å². The highest BCUT2D eigenvalue weighted by Gasteiger charge is 2.34. The normalized spacial score (nSPS) is 15.8. The summed E-state index contributed by atoms with van der Waals surface area (Å²) < 4.78 is 41.3. The number of rotatable bonds is 15. The van der Waals surface area contributed by atoms with Crippen LogP contribution in [-0.4, -0.2) is 44.7 Å². The van der Waals surface area contributed by atoms with Crippen molar-refractivity contribution in [3.05, 3.63) is 71.2 Å². The van der Waals surface area contributed by atoms with Crippen molar-refractivity contribution in [1.29, 1.82) is 0 Å². The number of carbonyl (C=O) groups is 1. The second kappa shape index (κ2) is 14.9. The van der Waals surface area contributed by atoms with E-state index in [2.05, 4.69) is 17.9 Å². The van der Waals surface area contributed by atoms with Gasteiger partial charge in [0.1, 0.15) is 0 Å². The van der Waals surface area contributed by atoms with Gasteiger partial charge in [-0.3, -0.25) is 9.69 Å². The molecule has 0 radical (unpaired) electrons. The molecule has 210 valence electrons. The first-order chi connectivity index (χ1) is 18.8. The zero-order valence-electron chi connectivity index (χ0n) is 23.0. The molecule has 0 aliphatic carbocycles. The van der Waals surface area contributed by atoms with Crippen LogP contribution in [0.1, 0.15) is 63.0 Å². The fourth-order valence-electron chi connectivity index (χ4n) is 4.02. The van der Waals surface area contributed by atoms with Gasteiger partial charge in [0.05, 0.1) is 23.5 Å². The van der Waals surface area contributed by atoms with E-state index in [-0.39, 0.29) is 22.5 Å². The van der Waals surface area contributed by atoms with E-state index in [1.54, 1.807) is 37.5 Å². The third kappa shape index (κ3) is 8.73. The van der Waals surface area contributed by atoms with Gasteiger partial charge in [0.15, 0.2) is 16.7 Å². The Kier molecular flexibility index (Phi) is 11.7. The highest BCUT2D eigenvalue weighted by molar-refractivity contribution is 8.19. The summed E-state index contributed by atoms with van der Waals surface area (Å²) in [4.78, 5) is 14.9. The van der Waals surface area contributed by atoms with E-state index in [1.807, 2.05) is 19.1 Å². The zero-order chi connectivity index (χ0) is 28.3. The molecule has 0 unspecified atom stereocenters. The fourth-order valence-corrected chi connectivity index (χ4v) is 6.21. The second-order valence-corrected chi connectivity index (χ2v) is 12.0. The third-order valence-corrected chi connectivity index (χ3v) is 8.61. The maximum Gasteiger partial charge on any atom is 0.284 e. The topological polar surface area (TPSA) is 85.3 Å². The Bertz CT molecular complexity index is 1300. The molecule has 39 heavy (non-hydrogen) atoms. The van der Waals surface area contributed by atoms with Gasteiger partial charge >= 0.3 is 0 Å². The minimum atomic E-state index is -3.99. The van der Waals surface area contributed by atoms with E-state index >= 15 is 0 Å². The maximum atomic E-state index is 13.2. The van der Waals surface area contributed by atoms with Gasteiger partial charge in [0.2, 0.25) is 0 Å². The van der Waals surface area contributed by atoms with E-state index in [4.69, 9.17) is 9.47 Å². The Morgan fingerprint density at radius 3 is 2.36 bits per heavy atom. The first-order valence-electron chi connectivity index (χ1n) is 13.3. The van der Waals surface area contributed by atoms with Gasteiger partial charge < -0.3 is 9.47 Å². The van der Waals surface area contributed by atoms with Crippen molar-refractivity contribution in [2.45, 2.75) is 63.7 Å². The van der Waals surface area contributed by atoms with Crippen LogP contribution in [0.2, 0.25) is 0 Å². The molecule has 0 N–H and O–H groups in total. The number of hydrogen-bond donors (Lipinski definition) is 0. The molecule has 0 bridgehead atoms. The number of hydrogen-bond acceptors (Lipinski definition) is 6. The van der Waals surface area contributed by atoms with Gasteiger partial charge in [0, 0.05) is 6.54 Å². The van der Waals surface area contributed by atoms with Crippen molar-refractivity contribution in [3.63, 3.8) is 0 Å². The lowest BCUT2D eigenvalue weighted by molar-refractivity contribution is -0.121. The van der Waals surface area contributed by atoms with Crippen LogP contribution >= 0.6 is 11.8 Å². The van der Waals surface area contributed by atoms with Crippen molar-refractivity contribution in [1.82, 2.24) is 4.90 Å². The van der Waals surface area contributed by atoms with Crippen LogP contribution in [0.25, 0.3) is 6.08 Å². The monoisotopic (exact) mass is 570 g/mol. The van der Waals surface area contributed by atoms with Crippen LogP contribution in [0.4, 0.5) is 0 Å². The Labute approximate surface area is 237 Å². The number of sulfonamides is 1. The quantitative estimate of drug-likeness (QED) is 0.130. The molecular weight excluding hydrogens is 532 g/mol. The van der Waals surface area contributed by atoms with Gasteiger partial charge in [0.25, 0.3) is 15.9 Å². The molecule has 0 spiro atoms. The Morgan fingerprint density at radius 1 is 1.00 bits per heavy atom. The first-order valence-corrected chi connectivity index (χ1v) is 15.6. The molecule has 1 fully saturated rings. The van der Waals surface area contributed by atoms with Gasteiger partial charge in [-0.05, 0) is 61.0 Å². The molecule has 1 amide bonds. The number of methoxy groups -OCH3 is 1. The maximum absolute atomic E-state index is 13.2. The minimum Gasteiger partial charge on any atom is -0.493 e. The van der Waals surface area contributed by atoms with Crippen molar-refractivity contribution >= 4 is 38.9 Å². The number of aryl methyl sites for hydroxylation is 1. The molecule has 7 nitrogen and oxygen atoms in total. The van der Waals surface area contributed by atoms with E-state index in [0.717, 1.165) is 35.7 Å². The second-order valence-electron chi connectivity index (χ2n) is 9.36. The van der Waals surface area contributed by atoms with Gasteiger partial charge in [-0.1, -0.05) is 75.3 Å². The number of unbranched alkanes of at least 4 members (excludes halogenated alkanes) is 6. The van der Waals surface area contributed by atoms with Crippen LogP contribution in [-0.2, 0) is 14.8 Å². The standard InChI is InChI=1S/C30H38N2O5S2/c1-5-7-8-9-10-11-12-20-37-27-21-24(15-18-26(27)36-4)22-28-29(33)32(19-6-2)30(38-28)31-39(34,35)25-16-13-23(3)14-17-25/h6,13-18,21-22H,2,5,7-12,19-20H2,1,3-4H3. The third-order valence-electron chi connectivity index (χ3n) is 6.21. The number of amidine groups is 1. The van der Waals surface area contributed by atoms with E-state index < -0.39 is 10.0 Å². The molecule has 9 heteroatoms. The number of ether oxygens (including phenoxy) is 2. The van der Waals surface area contributed by atoms with Crippen LogP contribution in [0.3, 0.4) is 0 Å². The number of carbonyl (C=O) groups excluding carboxylic acids is 1. The van der Waals surface area contributed by atoms with Crippen LogP contribution in [0, 0.1) is 6.92 Å². The molecule has 3 rings (SSSR count). The SMILES string of the molecule is C=CCN1C(=O)C(=Cc2ccc(OC)c(OCCCCCCCCC)c2)SC1=NS(=O)(=O)c1ccc(C)cc1. The highest BCUT2D eigenvalue weighted by atomic mass is 32.2. The zero-order valence-corrected chi connectivity index (χ0v) is 24.7. The summed E-state index contributed by atoms with van der Waals surface area (Å²) in [6.45, 7) is 8.51. The lowest BCUT2D eigenvalue weighted by Crippen LogP contribution is -2.29. The average molecular weight is 571 g/mol. The molecule has 0 saturated carbocycles. The molecular formula is C30H38N2O5S2. The lowest BCUT2D eigenvalue weighted by Gasteiger charge is -2.12. The van der Waals surface area contributed by atoms with Gasteiger partial charge in [-0.2, -0.15) is 8.42 Å². The predicted octanol–water partition coefficient (Wildman–Crippen LogP) is 6.98. The summed E-state index contributed by atoms with van der Waals surface area (Å²) in [5, 5.41) is 0.0932. The minimum absolute atomic E-state index is 0.0718. The summed E-state index contributed by atoms with van der Waals surface area (Å²) in [6.07, 6.45) is 11.6. The Balaban J connectivity index is 1.76. The molecule has 0 atom stereocenters. The van der Waals surface area contributed by atoms with Gasteiger partial charge in [-0.25, -0.2) is 0 Å². The highest BCUT2D eigenvalue weighted by Crippen LogP contribution is 2.35. The van der Waals surface area contributed by atoms with E-state index in [9.17, 15) is 13.2 Å². The molecule has 1 heterocycles. The smallest absolute Gasteiger partial charge is 0.284 e. The number of benzene rings is 2. The molecule has 2 aromatic rings. The largest absolute Gasteiger partial charge is 0.493 e. The number of thioether (sulfide) groups is 1. The summed E-state index contributed by atoms with van der Waals surface area (Å²) >= 11 is 1.02. The van der Waals surface area contributed by atoms with E-state index in [0.29, 0.717) is 23.0 Å². The average Bonchev–Trinajstić information content (AvgIpc) is 3.19. The van der Waals surface area contributed by atoms with Crippen molar-refractivity contribution in [3.8, 4) is 11.5 Å². The summed E-state index contributed by atoms with van der Waals surface area (Å²) in [5.41, 5.74) is 1.68. The predicted molar refractivity (Wildman–Crippen MR) is 160 cm³/mol. The molecule has 1 aliphatic rings. The Morgan fingerprint density at radius 2 is 1.69 bits per heavy atom. The summed E-state index contributed by atoms with van der Waals surface area (Å²) in [5.74, 6) is 0.886. The number of amides is 1. The Hall–Kier alpha value is -3.04.